The van der Waals surface area contributed by atoms with Crippen LogP contribution in [0, 0.1) is 5.82 Å². The van der Waals surface area contributed by atoms with Crippen LogP contribution in [0.15, 0.2) is 29.5 Å². The van der Waals surface area contributed by atoms with Crippen molar-refractivity contribution in [2.75, 3.05) is 6.54 Å². The summed E-state index contributed by atoms with van der Waals surface area (Å²) in [5.41, 5.74) is 3.04. The van der Waals surface area contributed by atoms with Crippen LogP contribution in [0.5, 0.6) is 5.88 Å². The molecule has 1 saturated heterocycles. The summed E-state index contributed by atoms with van der Waals surface area (Å²) in [7, 11) is 0. The molecule has 2 bridgehead atoms. The van der Waals surface area contributed by atoms with Crippen LogP contribution < -0.4 is 10.1 Å². The van der Waals surface area contributed by atoms with Crippen LogP contribution in [0.2, 0.25) is 0 Å². The van der Waals surface area contributed by atoms with Gasteiger partial charge in [-0.1, -0.05) is 0 Å². The summed E-state index contributed by atoms with van der Waals surface area (Å²) in [5.74, 6) is 0.742. The zero-order valence-electron chi connectivity index (χ0n) is 15.8. The highest BCUT2D eigenvalue weighted by molar-refractivity contribution is 6.04. The minimum absolute atomic E-state index is 0.0653. The van der Waals surface area contributed by atoms with Gasteiger partial charge in [-0.3, -0.25) is 14.8 Å². The van der Waals surface area contributed by atoms with Gasteiger partial charge in [-0.25, -0.2) is 9.37 Å². The van der Waals surface area contributed by atoms with E-state index >= 15 is 0 Å². The molecular weight excluding hydrogens is 373 g/mol. The molecule has 1 N–H and O–H groups in total. The number of amides is 1. The molecule has 2 aromatic heterocycles. The Hall–Kier alpha value is -3.03. The van der Waals surface area contributed by atoms with E-state index < -0.39 is 0 Å². The molecule has 3 aliphatic heterocycles. The van der Waals surface area contributed by atoms with Crippen LogP contribution in [0.3, 0.4) is 0 Å². The summed E-state index contributed by atoms with van der Waals surface area (Å²) in [5, 5.41) is 3.05. The van der Waals surface area contributed by atoms with E-state index in [1.54, 1.807) is 6.20 Å². The van der Waals surface area contributed by atoms with Gasteiger partial charge in [0.1, 0.15) is 17.8 Å². The lowest BCUT2D eigenvalue weighted by atomic mass is 9.88. The molecule has 29 heavy (non-hydrogen) atoms. The standard InChI is InChI=1S/C21H20FN5O2/c22-12-7-14-17-2-1-5-27(17)19-13-6-11(8-23-16(13)10-24-19)20(28)26-15-3-4-18(15)29-21(14)25-9-12/h6-9,15,17-18H,1-5,10H2,(H,26,28)/t15?,17-,18?/m1/s1. The zero-order valence-corrected chi connectivity index (χ0v) is 15.8. The summed E-state index contributed by atoms with van der Waals surface area (Å²) in [6.07, 6.45) is 6.15. The van der Waals surface area contributed by atoms with Crippen LogP contribution >= 0.6 is 0 Å². The number of amidine groups is 1. The highest BCUT2D eigenvalue weighted by Crippen LogP contribution is 2.40. The topological polar surface area (TPSA) is 79.7 Å². The summed E-state index contributed by atoms with van der Waals surface area (Å²) in [4.78, 5) is 28.5. The normalized spacial score (nSPS) is 27.1. The Labute approximate surface area is 167 Å². The molecule has 1 amide bonds. The molecule has 4 aliphatic rings. The summed E-state index contributed by atoms with van der Waals surface area (Å²) in [6.45, 7) is 1.30. The van der Waals surface area contributed by atoms with E-state index in [2.05, 4.69) is 20.2 Å². The molecule has 0 aromatic carbocycles. The van der Waals surface area contributed by atoms with Gasteiger partial charge >= 0.3 is 0 Å². The number of halogens is 1. The smallest absolute Gasteiger partial charge is 0.253 e. The van der Waals surface area contributed by atoms with Crippen molar-refractivity contribution in [2.45, 2.75) is 50.4 Å². The average Bonchev–Trinajstić information content (AvgIpc) is 3.35. The molecule has 8 heteroatoms. The van der Waals surface area contributed by atoms with Gasteiger partial charge in [0.2, 0.25) is 5.88 Å². The van der Waals surface area contributed by atoms with E-state index in [9.17, 15) is 9.18 Å². The number of nitrogens with zero attached hydrogens (tertiary/aromatic N) is 4. The Balaban J connectivity index is 1.51. The first-order chi connectivity index (χ1) is 14.2. The van der Waals surface area contributed by atoms with Crippen LogP contribution in [0.4, 0.5) is 4.39 Å². The fourth-order valence-corrected chi connectivity index (χ4v) is 4.71. The molecule has 0 spiro atoms. The number of carbonyl (C=O) groups excluding carboxylic acids is 1. The Morgan fingerprint density at radius 3 is 2.97 bits per heavy atom. The first kappa shape index (κ1) is 16.9. The molecule has 0 radical (unpaired) electrons. The average molecular weight is 393 g/mol. The zero-order chi connectivity index (χ0) is 19.5. The lowest BCUT2D eigenvalue weighted by Crippen LogP contribution is -2.53. The maximum atomic E-state index is 14.1. The van der Waals surface area contributed by atoms with Crippen molar-refractivity contribution in [3.8, 4) is 5.88 Å². The minimum atomic E-state index is -0.375. The van der Waals surface area contributed by atoms with Crippen molar-refractivity contribution in [1.29, 1.82) is 0 Å². The summed E-state index contributed by atoms with van der Waals surface area (Å²) in [6, 6.07) is 3.26. The number of ether oxygens (including phenoxy) is 1. The lowest BCUT2D eigenvalue weighted by molar-refractivity contribution is 0.0565. The second-order valence-electron chi connectivity index (χ2n) is 8.07. The highest BCUT2D eigenvalue weighted by atomic mass is 19.1. The predicted molar refractivity (Wildman–Crippen MR) is 102 cm³/mol. The second kappa shape index (κ2) is 6.23. The molecular formula is C21H20FN5O2. The molecule has 3 atom stereocenters. The number of fused-ring (bicyclic) bond motifs is 6. The van der Waals surface area contributed by atoms with E-state index in [-0.39, 0.29) is 29.9 Å². The van der Waals surface area contributed by atoms with Gasteiger partial charge in [-0.2, -0.15) is 0 Å². The fraction of sp³-hybridized carbons (Fsp3) is 0.429. The third kappa shape index (κ3) is 2.62. The third-order valence-corrected chi connectivity index (χ3v) is 6.37. The molecule has 1 aliphatic carbocycles. The van der Waals surface area contributed by atoms with Gasteiger partial charge in [0, 0.05) is 23.9 Å². The van der Waals surface area contributed by atoms with Gasteiger partial charge in [-0.15, -0.1) is 0 Å². The maximum absolute atomic E-state index is 14.1. The fourth-order valence-electron chi connectivity index (χ4n) is 4.71. The van der Waals surface area contributed by atoms with Crippen molar-refractivity contribution in [3.05, 3.63) is 52.7 Å². The van der Waals surface area contributed by atoms with E-state index in [1.807, 2.05) is 6.07 Å². The van der Waals surface area contributed by atoms with Gasteiger partial charge < -0.3 is 15.0 Å². The molecule has 5 heterocycles. The molecule has 2 unspecified atom stereocenters. The molecule has 2 fully saturated rings. The first-order valence-corrected chi connectivity index (χ1v) is 10.1. The van der Waals surface area contributed by atoms with E-state index in [4.69, 9.17) is 9.73 Å². The van der Waals surface area contributed by atoms with E-state index in [0.717, 1.165) is 54.9 Å². The number of pyridine rings is 2. The number of aromatic nitrogens is 2. The van der Waals surface area contributed by atoms with Crippen LogP contribution in [-0.4, -0.2) is 45.3 Å². The highest BCUT2D eigenvalue weighted by Gasteiger charge is 2.39. The van der Waals surface area contributed by atoms with Gasteiger partial charge in [0.15, 0.2) is 0 Å². The molecule has 7 nitrogen and oxygen atoms in total. The number of hydrogen-bond donors (Lipinski definition) is 1. The van der Waals surface area contributed by atoms with Gasteiger partial charge in [-0.05, 0) is 37.8 Å². The lowest BCUT2D eigenvalue weighted by Gasteiger charge is -2.37. The van der Waals surface area contributed by atoms with E-state index in [0.29, 0.717) is 18.0 Å². The van der Waals surface area contributed by atoms with Crippen molar-refractivity contribution in [2.24, 2.45) is 4.99 Å². The van der Waals surface area contributed by atoms with Crippen molar-refractivity contribution in [1.82, 2.24) is 20.2 Å². The number of nitrogens with one attached hydrogen (secondary N) is 1. The van der Waals surface area contributed by atoms with Crippen LogP contribution in [0.25, 0.3) is 0 Å². The first-order valence-electron chi connectivity index (χ1n) is 10.1. The predicted octanol–water partition coefficient (Wildman–Crippen LogP) is 2.37. The Kier molecular flexibility index (Phi) is 3.63. The number of rotatable bonds is 0. The summed E-state index contributed by atoms with van der Waals surface area (Å²) >= 11 is 0. The van der Waals surface area contributed by atoms with Gasteiger partial charge in [0.05, 0.1) is 36.1 Å². The van der Waals surface area contributed by atoms with Gasteiger partial charge in [0.25, 0.3) is 5.91 Å². The monoisotopic (exact) mass is 393 g/mol. The number of hydrogen-bond acceptors (Lipinski definition) is 6. The van der Waals surface area contributed by atoms with Crippen molar-refractivity contribution < 1.29 is 13.9 Å². The Bertz CT molecular complexity index is 1060. The molecule has 1 saturated carbocycles. The Morgan fingerprint density at radius 1 is 1.17 bits per heavy atom. The van der Waals surface area contributed by atoms with Crippen molar-refractivity contribution in [3.63, 3.8) is 0 Å². The van der Waals surface area contributed by atoms with Crippen LogP contribution in [0.1, 0.15) is 58.9 Å². The number of aliphatic imine (C=N–C) groups is 1. The minimum Gasteiger partial charge on any atom is -0.472 e. The Morgan fingerprint density at radius 2 is 2.10 bits per heavy atom. The quantitative estimate of drug-likeness (QED) is 0.743. The maximum Gasteiger partial charge on any atom is 0.253 e. The molecule has 2 aromatic rings. The number of carbonyl (C=O) groups is 1. The third-order valence-electron chi connectivity index (χ3n) is 6.37. The van der Waals surface area contributed by atoms with Crippen molar-refractivity contribution >= 4 is 11.7 Å². The molecule has 148 valence electrons. The van der Waals surface area contributed by atoms with E-state index in [1.165, 1.54) is 12.3 Å². The largest absolute Gasteiger partial charge is 0.472 e. The SMILES string of the molecule is O=C1NC2CCC2Oc2ncc(F)cc2[C@H]2CCCN2C2=NCc3ncc1cc32. The molecule has 6 rings (SSSR count). The second-order valence-corrected chi connectivity index (χ2v) is 8.07. The summed E-state index contributed by atoms with van der Waals surface area (Å²) < 4.78 is 20.3. The van der Waals surface area contributed by atoms with Crippen LogP contribution in [-0.2, 0) is 6.54 Å².